The van der Waals surface area contributed by atoms with Crippen molar-refractivity contribution >= 4 is 27.5 Å². The predicted molar refractivity (Wildman–Crippen MR) is 91.7 cm³/mol. The van der Waals surface area contributed by atoms with Gasteiger partial charge in [0.25, 0.3) is 0 Å². The highest BCUT2D eigenvalue weighted by atomic mass is 32.1. The summed E-state index contributed by atoms with van der Waals surface area (Å²) in [4.78, 5) is 22.4. The Balaban J connectivity index is 1.61. The Kier molecular flexibility index (Phi) is 3.90. The lowest BCUT2D eigenvalue weighted by Gasteiger charge is -2.07. The topological polar surface area (TPSA) is 61.3 Å². The van der Waals surface area contributed by atoms with Gasteiger partial charge < -0.3 is 9.47 Å². The van der Waals surface area contributed by atoms with Crippen LogP contribution in [-0.2, 0) is 28.8 Å². The van der Waals surface area contributed by atoms with E-state index >= 15 is 0 Å². The number of aryl methyl sites for hydroxylation is 2. The van der Waals surface area contributed by atoms with Crippen LogP contribution in [0.4, 0.5) is 0 Å². The molecule has 24 heavy (non-hydrogen) atoms. The molecule has 0 saturated carbocycles. The SMILES string of the molecule is COC(=O)Cc1ccc(Oc2ncnc3sc4c(c23)CCC4)cc1. The number of carbonyl (C=O) groups is 1. The van der Waals surface area contributed by atoms with E-state index in [0.717, 1.165) is 28.6 Å². The highest BCUT2D eigenvalue weighted by Gasteiger charge is 2.22. The van der Waals surface area contributed by atoms with Crippen LogP contribution in [0.1, 0.15) is 22.4 Å². The summed E-state index contributed by atoms with van der Waals surface area (Å²) in [5, 5.41) is 1.05. The first-order valence-corrected chi connectivity index (χ1v) is 8.65. The van der Waals surface area contributed by atoms with E-state index in [-0.39, 0.29) is 12.4 Å². The zero-order valence-corrected chi connectivity index (χ0v) is 14.1. The Labute approximate surface area is 143 Å². The van der Waals surface area contributed by atoms with Crippen molar-refractivity contribution in [2.75, 3.05) is 7.11 Å². The third-order valence-electron chi connectivity index (χ3n) is 4.18. The van der Waals surface area contributed by atoms with Crippen LogP contribution in [-0.4, -0.2) is 23.0 Å². The van der Waals surface area contributed by atoms with Crippen LogP contribution in [0.2, 0.25) is 0 Å². The molecule has 0 bridgehead atoms. The lowest BCUT2D eigenvalue weighted by atomic mass is 10.1. The van der Waals surface area contributed by atoms with E-state index in [9.17, 15) is 4.79 Å². The van der Waals surface area contributed by atoms with Gasteiger partial charge in [0, 0.05) is 4.88 Å². The van der Waals surface area contributed by atoms with Crippen LogP contribution < -0.4 is 4.74 Å². The average molecular weight is 340 g/mol. The molecule has 0 unspecified atom stereocenters. The first kappa shape index (κ1) is 15.1. The Hall–Kier alpha value is -2.47. The van der Waals surface area contributed by atoms with E-state index in [0.29, 0.717) is 11.6 Å². The number of aromatic nitrogens is 2. The number of carbonyl (C=O) groups excluding carboxylic acids is 1. The van der Waals surface area contributed by atoms with Crippen LogP contribution in [0, 0.1) is 0 Å². The molecular weight excluding hydrogens is 324 g/mol. The molecule has 1 aliphatic rings. The maximum absolute atomic E-state index is 11.3. The van der Waals surface area contributed by atoms with Gasteiger partial charge in [-0.15, -0.1) is 11.3 Å². The molecule has 2 aromatic heterocycles. The van der Waals surface area contributed by atoms with Crippen molar-refractivity contribution < 1.29 is 14.3 Å². The number of esters is 1. The Morgan fingerprint density at radius 2 is 2.04 bits per heavy atom. The van der Waals surface area contributed by atoms with Crippen LogP contribution in [0.5, 0.6) is 11.6 Å². The van der Waals surface area contributed by atoms with E-state index < -0.39 is 0 Å². The number of methoxy groups -OCH3 is 1. The van der Waals surface area contributed by atoms with Crippen LogP contribution in [0.15, 0.2) is 30.6 Å². The molecule has 0 atom stereocenters. The van der Waals surface area contributed by atoms with Gasteiger partial charge >= 0.3 is 5.97 Å². The first-order chi connectivity index (χ1) is 11.7. The number of fused-ring (bicyclic) bond motifs is 3. The molecule has 122 valence electrons. The molecule has 0 spiro atoms. The highest BCUT2D eigenvalue weighted by Crippen LogP contribution is 2.40. The first-order valence-electron chi connectivity index (χ1n) is 7.83. The molecule has 0 radical (unpaired) electrons. The highest BCUT2D eigenvalue weighted by molar-refractivity contribution is 7.18. The van der Waals surface area contributed by atoms with Gasteiger partial charge in [-0.2, -0.15) is 0 Å². The number of nitrogens with zero attached hydrogens (tertiary/aromatic N) is 2. The minimum atomic E-state index is -0.255. The maximum Gasteiger partial charge on any atom is 0.309 e. The quantitative estimate of drug-likeness (QED) is 0.678. The van der Waals surface area contributed by atoms with Crippen molar-refractivity contribution in [1.29, 1.82) is 0 Å². The second-order valence-electron chi connectivity index (χ2n) is 5.72. The minimum Gasteiger partial charge on any atom is -0.469 e. The predicted octanol–water partition coefficient (Wildman–Crippen LogP) is 3.69. The van der Waals surface area contributed by atoms with Gasteiger partial charge in [-0.25, -0.2) is 9.97 Å². The number of thiophene rings is 1. The molecule has 1 aromatic carbocycles. The van der Waals surface area contributed by atoms with Crippen molar-refractivity contribution in [3.63, 3.8) is 0 Å². The van der Waals surface area contributed by atoms with Crippen LogP contribution >= 0.6 is 11.3 Å². The molecule has 4 rings (SSSR count). The molecule has 6 heteroatoms. The second-order valence-corrected chi connectivity index (χ2v) is 6.80. The molecular formula is C18H16N2O3S. The summed E-state index contributed by atoms with van der Waals surface area (Å²) in [6.07, 6.45) is 5.18. The lowest BCUT2D eigenvalue weighted by Crippen LogP contribution is -2.04. The summed E-state index contributed by atoms with van der Waals surface area (Å²) in [6, 6.07) is 7.42. The van der Waals surface area contributed by atoms with E-state index in [1.54, 1.807) is 17.7 Å². The van der Waals surface area contributed by atoms with E-state index in [2.05, 4.69) is 14.7 Å². The average Bonchev–Trinajstić information content (AvgIpc) is 3.17. The van der Waals surface area contributed by atoms with Crippen molar-refractivity contribution in [2.24, 2.45) is 0 Å². The number of ether oxygens (including phenoxy) is 2. The number of benzene rings is 1. The Bertz CT molecular complexity index is 903. The molecule has 0 saturated heterocycles. The Morgan fingerprint density at radius 3 is 2.83 bits per heavy atom. The van der Waals surface area contributed by atoms with Gasteiger partial charge in [0.2, 0.25) is 5.88 Å². The van der Waals surface area contributed by atoms with Gasteiger partial charge in [0.1, 0.15) is 16.9 Å². The van der Waals surface area contributed by atoms with Crippen LogP contribution in [0.25, 0.3) is 10.2 Å². The van der Waals surface area contributed by atoms with Crippen molar-refractivity contribution in [1.82, 2.24) is 9.97 Å². The largest absolute Gasteiger partial charge is 0.469 e. The van der Waals surface area contributed by atoms with Crippen molar-refractivity contribution in [2.45, 2.75) is 25.7 Å². The molecule has 3 aromatic rings. The fourth-order valence-electron chi connectivity index (χ4n) is 3.00. The number of hydrogen-bond donors (Lipinski definition) is 0. The lowest BCUT2D eigenvalue weighted by molar-refractivity contribution is -0.139. The van der Waals surface area contributed by atoms with Gasteiger partial charge in [-0.05, 0) is 42.5 Å². The van der Waals surface area contributed by atoms with Gasteiger partial charge in [0.15, 0.2) is 0 Å². The summed E-state index contributed by atoms with van der Waals surface area (Å²) in [7, 11) is 1.39. The molecule has 2 heterocycles. The molecule has 1 aliphatic carbocycles. The fraction of sp³-hybridized carbons (Fsp3) is 0.278. The zero-order valence-electron chi connectivity index (χ0n) is 13.2. The minimum absolute atomic E-state index is 0.255. The number of rotatable bonds is 4. The van der Waals surface area contributed by atoms with Crippen molar-refractivity contribution in [3.05, 3.63) is 46.6 Å². The Morgan fingerprint density at radius 1 is 1.21 bits per heavy atom. The van der Waals surface area contributed by atoms with Crippen LogP contribution in [0.3, 0.4) is 0 Å². The van der Waals surface area contributed by atoms with Crippen molar-refractivity contribution in [3.8, 4) is 11.6 Å². The van der Waals surface area contributed by atoms with E-state index in [1.165, 1.54) is 24.0 Å². The van der Waals surface area contributed by atoms with Gasteiger partial charge in [0.05, 0.1) is 18.9 Å². The smallest absolute Gasteiger partial charge is 0.309 e. The standard InChI is InChI=1S/C18H16N2O3S/c1-22-15(21)9-11-5-7-12(8-6-11)23-17-16-13-3-2-4-14(13)24-18(16)20-10-19-17/h5-8,10H,2-4,9H2,1H3. The number of hydrogen-bond acceptors (Lipinski definition) is 6. The summed E-state index contributed by atoms with van der Waals surface area (Å²) >= 11 is 1.74. The molecule has 0 N–H and O–H groups in total. The zero-order chi connectivity index (χ0) is 16.5. The summed E-state index contributed by atoms with van der Waals surface area (Å²) < 4.78 is 10.7. The third kappa shape index (κ3) is 2.73. The third-order valence-corrected chi connectivity index (χ3v) is 5.38. The molecule has 0 amide bonds. The molecule has 0 aliphatic heterocycles. The maximum atomic E-state index is 11.3. The normalized spacial score (nSPS) is 13.0. The van der Waals surface area contributed by atoms with E-state index in [4.69, 9.17) is 4.74 Å². The monoisotopic (exact) mass is 340 g/mol. The van der Waals surface area contributed by atoms with E-state index in [1.807, 2.05) is 24.3 Å². The summed E-state index contributed by atoms with van der Waals surface area (Å²) in [5.41, 5.74) is 2.23. The molecule has 0 fully saturated rings. The second kappa shape index (κ2) is 6.20. The fourth-order valence-corrected chi connectivity index (χ4v) is 4.22. The molecule has 5 nitrogen and oxygen atoms in total. The van der Waals surface area contributed by atoms with Gasteiger partial charge in [-0.1, -0.05) is 12.1 Å². The van der Waals surface area contributed by atoms with Gasteiger partial charge in [-0.3, -0.25) is 4.79 Å². The summed E-state index contributed by atoms with van der Waals surface area (Å²) in [5.74, 6) is 1.05. The summed E-state index contributed by atoms with van der Waals surface area (Å²) in [6.45, 7) is 0.